The molecule has 0 saturated carbocycles. The topological polar surface area (TPSA) is 102 Å². The normalized spacial score (nSPS) is 10.6. The molecule has 0 aliphatic rings. The van der Waals surface area contributed by atoms with Crippen LogP contribution in [0.4, 0.5) is 5.69 Å². The number of hydrogen-bond donors (Lipinski definition) is 1. The highest BCUT2D eigenvalue weighted by atomic mass is 16.6. The summed E-state index contributed by atoms with van der Waals surface area (Å²) >= 11 is 0. The number of aromatic amines is 1. The molecular weight excluding hydrogens is 324 g/mol. The summed E-state index contributed by atoms with van der Waals surface area (Å²) in [5.74, 6) is -1.28. The first kappa shape index (κ1) is 16.4. The summed E-state index contributed by atoms with van der Waals surface area (Å²) in [6.45, 7) is 1.27. The van der Waals surface area contributed by atoms with Crippen molar-refractivity contribution in [2.45, 2.75) is 6.92 Å². The van der Waals surface area contributed by atoms with Crippen LogP contribution in [-0.4, -0.2) is 28.3 Å². The van der Waals surface area contributed by atoms with Crippen LogP contribution in [-0.2, 0) is 4.74 Å². The lowest BCUT2D eigenvalue weighted by Crippen LogP contribution is -2.15. The Labute approximate surface area is 142 Å². The first-order valence-electron chi connectivity index (χ1n) is 7.50. The third-order valence-electron chi connectivity index (χ3n) is 3.83. The zero-order chi connectivity index (χ0) is 18.0. The SMILES string of the molecule is Cc1[nH]c2ccccc2c1C(=O)COC(=O)c1ccccc1[N+](=O)[O-]. The number of benzene rings is 2. The number of para-hydroxylation sites is 2. The second-order valence-corrected chi connectivity index (χ2v) is 5.44. The van der Waals surface area contributed by atoms with Gasteiger partial charge in [-0.25, -0.2) is 4.79 Å². The number of hydrogen-bond acceptors (Lipinski definition) is 5. The van der Waals surface area contributed by atoms with Gasteiger partial charge < -0.3 is 9.72 Å². The van der Waals surface area contributed by atoms with Crippen LogP contribution in [0.15, 0.2) is 48.5 Å². The van der Waals surface area contributed by atoms with Crippen LogP contribution in [0.5, 0.6) is 0 Å². The fourth-order valence-corrected chi connectivity index (χ4v) is 2.72. The number of rotatable bonds is 5. The van der Waals surface area contributed by atoms with Crippen LogP contribution >= 0.6 is 0 Å². The number of aryl methyl sites for hydroxylation is 1. The third-order valence-corrected chi connectivity index (χ3v) is 3.83. The number of nitro groups is 1. The van der Waals surface area contributed by atoms with Crippen molar-refractivity contribution in [2.75, 3.05) is 6.61 Å². The summed E-state index contributed by atoms with van der Waals surface area (Å²) in [5.41, 5.74) is 1.39. The zero-order valence-corrected chi connectivity index (χ0v) is 13.3. The highest BCUT2D eigenvalue weighted by Crippen LogP contribution is 2.23. The molecule has 7 nitrogen and oxygen atoms in total. The minimum Gasteiger partial charge on any atom is -0.454 e. The van der Waals surface area contributed by atoms with Crippen molar-refractivity contribution in [3.63, 3.8) is 0 Å². The Hall–Kier alpha value is -3.48. The number of nitrogens with zero attached hydrogens (tertiary/aromatic N) is 1. The molecule has 0 aliphatic carbocycles. The molecule has 7 heteroatoms. The molecule has 0 unspecified atom stereocenters. The zero-order valence-electron chi connectivity index (χ0n) is 13.3. The summed E-state index contributed by atoms with van der Waals surface area (Å²) in [4.78, 5) is 38.0. The van der Waals surface area contributed by atoms with Gasteiger partial charge >= 0.3 is 5.97 Å². The first-order chi connectivity index (χ1) is 12.0. The smallest absolute Gasteiger partial charge is 0.345 e. The standard InChI is InChI=1S/C18H14N2O5/c1-11-17(12-6-2-4-8-14(12)19-11)16(21)10-25-18(22)13-7-3-5-9-15(13)20(23)24/h2-9,19H,10H2,1H3. The van der Waals surface area contributed by atoms with Gasteiger partial charge in [0.1, 0.15) is 5.56 Å². The molecule has 25 heavy (non-hydrogen) atoms. The van der Waals surface area contributed by atoms with Gasteiger partial charge in [-0.1, -0.05) is 30.3 Å². The number of fused-ring (bicyclic) bond motifs is 1. The van der Waals surface area contributed by atoms with Gasteiger partial charge in [-0.15, -0.1) is 0 Å². The summed E-state index contributed by atoms with van der Waals surface area (Å²) in [5, 5.41) is 11.7. The fourth-order valence-electron chi connectivity index (χ4n) is 2.72. The van der Waals surface area contributed by atoms with E-state index in [1.165, 1.54) is 24.3 Å². The highest BCUT2D eigenvalue weighted by Gasteiger charge is 2.22. The van der Waals surface area contributed by atoms with Gasteiger partial charge in [0.2, 0.25) is 5.78 Å². The van der Waals surface area contributed by atoms with E-state index in [-0.39, 0.29) is 17.0 Å². The van der Waals surface area contributed by atoms with Crippen LogP contribution in [0.2, 0.25) is 0 Å². The monoisotopic (exact) mass is 338 g/mol. The Bertz CT molecular complexity index is 990. The summed E-state index contributed by atoms with van der Waals surface area (Å²) < 4.78 is 5.00. The van der Waals surface area contributed by atoms with Gasteiger partial charge in [-0.05, 0) is 19.1 Å². The Kier molecular flexibility index (Phi) is 4.30. The maximum atomic E-state index is 12.5. The molecule has 0 saturated heterocycles. The van der Waals surface area contributed by atoms with Crippen molar-refractivity contribution in [3.05, 3.63) is 75.5 Å². The van der Waals surface area contributed by atoms with E-state index in [2.05, 4.69) is 4.98 Å². The molecule has 0 amide bonds. The molecule has 0 fully saturated rings. The molecule has 0 atom stereocenters. The van der Waals surface area contributed by atoms with Gasteiger partial charge in [0.25, 0.3) is 5.69 Å². The molecule has 0 aliphatic heterocycles. The summed E-state index contributed by atoms with van der Waals surface area (Å²) in [6, 6.07) is 12.8. The van der Waals surface area contributed by atoms with Crippen molar-refractivity contribution in [1.29, 1.82) is 0 Å². The third kappa shape index (κ3) is 3.12. The van der Waals surface area contributed by atoms with E-state index in [4.69, 9.17) is 4.74 Å². The van der Waals surface area contributed by atoms with Crippen LogP contribution in [0.1, 0.15) is 26.4 Å². The molecule has 0 spiro atoms. The van der Waals surface area contributed by atoms with Crippen LogP contribution < -0.4 is 0 Å². The van der Waals surface area contributed by atoms with Crippen molar-refractivity contribution in [2.24, 2.45) is 0 Å². The molecule has 1 aromatic heterocycles. The van der Waals surface area contributed by atoms with Gasteiger partial charge in [-0.3, -0.25) is 14.9 Å². The Balaban J connectivity index is 1.80. The molecule has 1 N–H and O–H groups in total. The van der Waals surface area contributed by atoms with Crippen molar-refractivity contribution in [3.8, 4) is 0 Å². The number of nitro benzene ring substituents is 1. The number of carbonyl (C=O) groups excluding carboxylic acids is 2. The van der Waals surface area contributed by atoms with E-state index in [0.29, 0.717) is 11.3 Å². The Morgan fingerprint density at radius 3 is 2.56 bits per heavy atom. The van der Waals surface area contributed by atoms with Crippen LogP contribution in [0, 0.1) is 17.0 Å². The lowest BCUT2D eigenvalue weighted by atomic mass is 10.1. The molecule has 2 aromatic carbocycles. The van der Waals surface area contributed by atoms with Gasteiger partial charge in [0.15, 0.2) is 6.61 Å². The number of carbonyl (C=O) groups is 2. The van der Waals surface area contributed by atoms with Gasteiger partial charge in [0, 0.05) is 28.2 Å². The van der Waals surface area contributed by atoms with E-state index in [9.17, 15) is 19.7 Å². The van der Waals surface area contributed by atoms with E-state index in [1.807, 2.05) is 18.2 Å². The first-order valence-corrected chi connectivity index (χ1v) is 7.50. The van der Waals surface area contributed by atoms with Crippen molar-refractivity contribution < 1.29 is 19.2 Å². The minimum atomic E-state index is -0.904. The van der Waals surface area contributed by atoms with Gasteiger partial charge in [-0.2, -0.15) is 0 Å². The molecule has 3 rings (SSSR count). The lowest BCUT2D eigenvalue weighted by molar-refractivity contribution is -0.385. The largest absolute Gasteiger partial charge is 0.454 e. The van der Waals surface area contributed by atoms with Crippen LogP contribution in [0.3, 0.4) is 0 Å². The number of H-pyrrole nitrogens is 1. The molecule has 1 heterocycles. The second-order valence-electron chi connectivity index (χ2n) is 5.44. The molecular formula is C18H14N2O5. The van der Waals surface area contributed by atoms with Gasteiger partial charge in [0.05, 0.1) is 4.92 Å². The van der Waals surface area contributed by atoms with E-state index in [0.717, 1.165) is 10.9 Å². The highest BCUT2D eigenvalue weighted by molar-refractivity contribution is 6.10. The average molecular weight is 338 g/mol. The maximum Gasteiger partial charge on any atom is 0.345 e. The Morgan fingerprint density at radius 2 is 1.80 bits per heavy atom. The predicted octanol–water partition coefficient (Wildman–Crippen LogP) is 3.42. The number of nitrogens with one attached hydrogen (secondary N) is 1. The summed E-state index contributed by atoms with van der Waals surface area (Å²) in [6.07, 6.45) is 0. The van der Waals surface area contributed by atoms with Crippen LogP contribution in [0.25, 0.3) is 10.9 Å². The van der Waals surface area contributed by atoms with Crippen molar-refractivity contribution >= 4 is 28.3 Å². The van der Waals surface area contributed by atoms with E-state index < -0.39 is 17.5 Å². The summed E-state index contributed by atoms with van der Waals surface area (Å²) in [7, 11) is 0. The second kappa shape index (κ2) is 6.56. The fraction of sp³-hybridized carbons (Fsp3) is 0.111. The number of esters is 1. The maximum absolute atomic E-state index is 12.5. The number of ketones is 1. The lowest BCUT2D eigenvalue weighted by Gasteiger charge is -2.05. The molecule has 126 valence electrons. The van der Waals surface area contributed by atoms with Crippen molar-refractivity contribution in [1.82, 2.24) is 4.98 Å². The Morgan fingerprint density at radius 1 is 1.12 bits per heavy atom. The number of Topliss-reactive ketones (excluding diaryl/α,β-unsaturated/α-hetero) is 1. The van der Waals surface area contributed by atoms with E-state index in [1.54, 1.807) is 13.0 Å². The molecule has 0 bridgehead atoms. The number of ether oxygens (including phenoxy) is 1. The molecule has 0 radical (unpaired) electrons. The van der Waals surface area contributed by atoms with E-state index >= 15 is 0 Å². The predicted molar refractivity (Wildman–Crippen MR) is 90.7 cm³/mol. The minimum absolute atomic E-state index is 0.184. The average Bonchev–Trinajstić information content (AvgIpc) is 2.95. The quantitative estimate of drug-likeness (QED) is 0.332. The molecule has 3 aromatic rings. The number of aromatic nitrogens is 1.